The zero-order valence-electron chi connectivity index (χ0n) is 12.4. The lowest BCUT2D eigenvalue weighted by molar-refractivity contribution is -0.135. The van der Waals surface area contributed by atoms with Gasteiger partial charge in [-0.2, -0.15) is 16.7 Å². The number of nitrogens with two attached hydrogens (primary N) is 1. The van der Waals surface area contributed by atoms with E-state index in [-0.39, 0.29) is 30.9 Å². The first-order valence-electron chi connectivity index (χ1n) is 7.40. The predicted octanol–water partition coefficient (Wildman–Crippen LogP) is 0.490. The molecule has 0 bridgehead atoms. The molecular formula is C13H22ClN5O2S. The van der Waals surface area contributed by atoms with E-state index in [4.69, 9.17) is 10.3 Å². The Labute approximate surface area is 140 Å². The second kappa shape index (κ2) is 8.14. The number of carbonyl (C=O) groups is 1. The first kappa shape index (κ1) is 17.5. The van der Waals surface area contributed by atoms with Crippen LogP contribution in [0.5, 0.6) is 0 Å². The molecule has 2 saturated heterocycles. The van der Waals surface area contributed by atoms with Crippen LogP contribution in [0.15, 0.2) is 4.52 Å². The van der Waals surface area contributed by atoms with Gasteiger partial charge >= 0.3 is 0 Å². The molecule has 0 aliphatic carbocycles. The van der Waals surface area contributed by atoms with Gasteiger partial charge in [-0.3, -0.25) is 9.69 Å². The minimum absolute atomic E-state index is 0. The van der Waals surface area contributed by atoms with Crippen molar-refractivity contribution in [2.45, 2.75) is 32.0 Å². The molecule has 0 spiro atoms. The van der Waals surface area contributed by atoms with Crippen LogP contribution >= 0.6 is 24.2 Å². The topological polar surface area (TPSA) is 88.5 Å². The van der Waals surface area contributed by atoms with Crippen molar-refractivity contribution in [2.75, 3.05) is 31.1 Å². The lowest BCUT2D eigenvalue weighted by atomic mass is 10.2. The number of aromatic nitrogens is 2. The summed E-state index contributed by atoms with van der Waals surface area (Å²) in [7, 11) is 0. The second-order valence-corrected chi connectivity index (χ2v) is 6.60. The third-order valence-corrected chi connectivity index (χ3v) is 4.94. The summed E-state index contributed by atoms with van der Waals surface area (Å²) in [6.45, 7) is 3.45. The predicted molar refractivity (Wildman–Crippen MR) is 86.8 cm³/mol. The van der Waals surface area contributed by atoms with Gasteiger partial charge < -0.3 is 15.2 Å². The van der Waals surface area contributed by atoms with Crippen molar-refractivity contribution in [1.29, 1.82) is 0 Å². The average Bonchev–Trinajstić information content (AvgIpc) is 3.17. The molecule has 9 heteroatoms. The largest absolute Gasteiger partial charge is 0.340 e. The number of halogens is 1. The quantitative estimate of drug-likeness (QED) is 0.847. The zero-order chi connectivity index (χ0) is 14.7. The molecule has 2 fully saturated rings. The Hall–Kier alpha value is -0.830. The molecule has 1 atom stereocenters. The Bertz CT molecular complexity index is 495. The van der Waals surface area contributed by atoms with Crippen molar-refractivity contribution < 1.29 is 9.32 Å². The third-order valence-electron chi connectivity index (χ3n) is 4.00. The van der Waals surface area contributed by atoms with Gasteiger partial charge in [0.05, 0.1) is 19.1 Å². The smallest absolute Gasteiger partial charge is 0.240 e. The monoisotopic (exact) mass is 347 g/mol. The maximum atomic E-state index is 12.7. The minimum atomic E-state index is -0.0343. The van der Waals surface area contributed by atoms with Crippen LogP contribution in [0.3, 0.4) is 0 Å². The molecule has 124 valence electrons. The van der Waals surface area contributed by atoms with E-state index in [1.54, 1.807) is 0 Å². The fourth-order valence-electron chi connectivity index (χ4n) is 2.91. The number of amides is 1. The van der Waals surface area contributed by atoms with Gasteiger partial charge in [-0.05, 0) is 19.4 Å². The number of rotatable bonds is 4. The van der Waals surface area contributed by atoms with Crippen molar-refractivity contribution in [2.24, 2.45) is 5.73 Å². The molecule has 3 heterocycles. The molecule has 7 nitrogen and oxygen atoms in total. The van der Waals surface area contributed by atoms with Crippen molar-refractivity contribution in [1.82, 2.24) is 19.9 Å². The van der Waals surface area contributed by atoms with Crippen LogP contribution in [-0.4, -0.2) is 63.0 Å². The molecular weight excluding hydrogens is 326 g/mol. The van der Waals surface area contributed by atoms with Crippen molar-refractivity contribution in [3.05, 3.63) is 11.7 Å². The normalized spacial score (nSPS) is 22.6. The van der Waals surface area contributed by atoms with E-state index in [1.165, 1.54) is 0 Å². The van der Waals surface area contributed by atoms with E-state index >= 15 is 0 Å². The standard InChI is InChI=1S/C13H21N5O2S.ClH/c14-8-12-15-11(16-20-12)9-18-3-1-2-10(18)13(19)17-4-6-21-7-5-17;/h10H,1-9,14H2;1H. The maximum absolute atomic E-state index is 12.7. The number of hydrogen-bond donors (Lipinski definition) is 1. The summed E-state index contributed by atoms with van der Waals surface area (Å²) in [4.78, 5) is 21.0. The fourth-order valence-corrected chi connectivity index (χ4v) is 3.81. The number of hydrogen-bond acceptors (Lipinski definition) is 7. The summed E-state index contributed by atoms with van der Waals surface area (Å²) in [5.74, 6) is 3.41. The summed E-state index contributed by atoms with van der Waals surface area (Å²) in [6.07, 6.45) is 1.96. The fraction of sp³-hybridized carbons (Fsp3) is 0.769. The van der Waals surface area contributed by atoms with Crippen LogP contribution in [-0.2, 0) is 17.9 Å². The SMILES string of the molecule is Cl.NCc1nc(CN2CCCC2C(=O)N2CCSCC2)no1. The van der Waals surface area contributed by atoms with Gasteiger partial charge in [-0.15, -0.1) is 12.4 Å². The highest BCUT2D eigenvalue weighted by molar-refractivity contribution is 7.99. The third kappa shape index (κ3) is 3.92. The van der Waals surface area contributed by atoms with E-state index in [2.05, 4.69) is 15.0 Å². The van der Waals surface area contributed by atoms with E-state index in [0.29, 0.717) is 18.3 Å². The number of likely N-dealkylation sites (tertiary alicyclic amines) is 1. The van der Waals surface area contributed by atoms with Gasteiger partial charge in [0.25, 0.3) is 0 Å². The van der Waals surface area contributed by atoms with Gasteiger partial charge in [0.1, 0.15) is 0 Å². The Morgan fingerprint density at radius 2 is 2.14 bits per heavy atom. The Morgan fingerprint density at radius 3 is 2.82 bits per heavy atom. The average molecular weight is 348 g/mol. The number of carbonyl (C=O) groups excluding carboxylic acids is 1. The summed E-state index contributed by atoms with van der Waals surface area (Å²) in [6, 6.07) is -0.0343. The molecule has 2 aliphatic heterocycles. The van der Waals surface area contributed by atoms with Gasteiger partial charge in [-0.25, -0.2) is 0 Å². The first-order chi connectivity index (χ1) is 10.3. The molecule has 1 aromatic heterocycles. The highest BCUT2D eigenvalue weighted by Crippen LogP contribution is 2.22. The van der Waals surface area contributed by atoms with Crippen LogP contribution in [0.4, 0.5) is 0 Å². The van der Waals surface area contributed by atoms with Crippen molar-refractivity contribution >= 4 is 30.1 Å². The lowest BCUT2D eigenvalue weighted by Gasteiger charge is -2.32. The summed E-state index contributed by atoms with van der Waals surface area (Å²) in [5, 5.41) is 3.92. The van der Waals surface area contributed by atoms with E-state index < -0.39 is 0 Å². The van der Waals surface area contributed by atoms with Gasteiger partial charge in [0.15, 0.2) is 5.82 Å². The molecule has 0 saturated carbocycles. The van der Waals surface area contributed by atoms with Crippen LogP contribution in [0.1, 0.15) is 24.6 Å². The minimum Gasteiger partial charge on any atom is -0.340 e. The summed E-state index contributed by atoms with van der Waals surface area (Å²) >= 11 is 1.92. The molecule has 1 unspecified atom stereocenters. The second-order valence-electron chi connectivity index (χ2n) is 5.37. The molecule has 22 heavy (non-hydrogen) atoms. The van der Waals surface area contributed by atoms with E-state index in [1.807, 2.05) is 16.7 Å². The maximum Gasteiger partial charge on any atom is 0.240 e. The lowest BCUT2D eigenvalue weighted by Crippen LogP contribution is -2.48. The van der Waals surface area contributed by atoms with Crippen LogP contribution in [0, 0.1) is 0 Å². The molecule has 0 aromatic carbocycles. The number of thioether (sulfide) groups is 1. The zero-order valence-corrected chi connectivity index (χ0v) is 14.1. The van der Waals surface area contributed by atoms with E-state index in [9.17, 15) is 4.79 Å². The van der Waals surface area contributed by atoms with Crippen LogP contribution < -0.4 is 5.73 Å². The first-order valence-corrected chi connectivity index (χ1v) is 8.55. The van der Waals surface area contributed by atoms with Crippen molar-refractivity contribution in [3.8, 4) is 0 Å². The van der Waals surface area contributed by atoms with Crippen LogP contribution in [0.2, 0.25) is 0 Å². The summed E-state index contributed by atoms with van der Waals surface area (Å²) < 4.78 is 5.03. The molecule has 2 aliphatic rings. The Morgan fingerprint density at radius 1 is 1.36 bits per heavy atom. The van der Waals surface area contributed by atoms with Crippen LogP contribution in [0.25, 0.3) is 0 Å². The van der Waals surface area contributed by atoms with E-state index in [0.717, 1.165) is 44.0 Å². The molecule has 1 amide bonds. The highest BCUT2D eigenvalue weighted by atomic mass is 35.5. The Balaban J connectivity index is 0.00000176. The number of nitrogens with zero attached hydrogens (tertiary/aromatic N) is 4. The molecule has 0 radical (unpaired) electrons. The highest BCUT2D eigenvalue weighted by Gasteiger charge is 2.34. The van der Waals surface area contributed by atoms with Gasteiger partial charge in [-0.1, -0.05) is 5.16 Å². The summed E-state index contributed by atoms with van der Waals surface area (Å²) in [5.41, 5.74) is 5.47. The Kier molecular flexibility index (Phi) is 6.49. The van der Waals surface area contributed by atoms with Gasteiger partial charge in [0.2, 0.25) is 11.8 Å². The van der Waals surface area contributed by atoms with Crippen molar-refractivity contribution in [3.63, 3.8) is 0 Å². The molecule has 3 rings (SSSR count). The molecule has 2 N–H and O–H groups in total. The van der Waals surface area contributed by atoms with Gasteiger partial charge in [0, 0.05) is 24.6 Å². The molecule has 1 aromatic rings.